The first-order valence-electron chi connectivity index (χ1n) is 11.3. The minimum atomic E-state index is -0.927. The molecule has 0 aliphatic rings. The summed E-state index contributed by atoms with van der Waals surface area (Å²) in [6.07, 6.45) is 26.7. The van der Waals surface area contributed by atoms with Crippen LogP contribution >= 0.6 is 7.26 Å². The number of hydrogen-bond acceptors (Lipinski definition) is 4. The Hall–Kier alpha value is -0.990. The fourth-order valence-electron chi connectivity index (χ4n) is 3.69. The third kappa shape index (κ3) is 25.0. The van der Waals surface area contributed by atoms with Crippen LogP contribution in [0.4, 0.5) is 0 Å². The molecule has 4 N–H and O–H groups in total. The van der Waals surface area contributed by atoms with Gasteiger partial charge in [0.1, 0.15) is 0 Å². The number of nitriles is 2. The first-order valence-corrected chi connectivity index (χ1v) is 14.1. The maximum atomic E-state index is 7.10. The van der Waals surface area contributed by atoms with Crippen molar-refractivity contribution in [1.82, 2.24) is 0 Å². The Bertz CT molecular complexity index is 313. The molecular weight excluding hydrogens is 351 g/mol. The van der Waals surface area contributed by atoms with E-state index in [9.17, 15) is 0 Å². The van der Waals surface area contributed by atoms with Crippen LogP contribution in [0.1, 0.15) is 105 Å². The summed E-state index contributed by atoms with van der Waals surface area (Å²) in [6.45, 7) is 9.45. The fraction of sp³-hybridized carbons (Fsp3) is 0.909. The molecule has 0 aromatic rings. The average Bonchev–Trinajstić information content (AvgIpc) is 2.66. The van der Waals surface area contributed by atoms with Crippen LogP contribution in [0.3, 0.4) is 0 Å². The van der Waals surface area contributed by atoms with Crippen LogP contribution in [0.5, 0.6) is 0 Å². The molecule has 0 heterocycles. The number of nitrogens with two attached hydrogens (primary N) is 2. The molecule has 0 rings (SSSR count). The summed E-state index contributed by atoms with van der Waals surface area (Å²) < 4.78 is 0. The Morgan fingerprint density at radius 1 is 0.519 bits per heavy atom. The van der Waals surface area contributed by atoms with Crippen molar-refractivity contribution < 1.29 is 0 Å². The van der Waals surface area contributed by atoms with Gasteiger partial charge in [0.2, 0.25) is 0 Å². The standard InChI is InChI=1S/C20H45P.2CH2N2/c1-5-9-13-14-15-16-20-21(17-10-6-2,18-11-7-3)19-12-8-4;2*2-1-3/h21H,5-20H2,1-4H3;2*2H2. The first-order chi connectivity index (χ1) is 13.1. The maximum Gasteiger partial charge on any atom is 0.173 e. The maximum absolute atomic E-state index is 7.10. The molecule has 0 bridgehead atoms. The Labute approximate surface area is 171 Å². The summed E-state index contributed by atoms with van der Waals surface area (Å²) >= 11 is 0. The van der Waals surface area contributed by atoms with Gasteiger partial charge in [-0.2, -0.15) is 10.5 Å². The summed E-state index contributed by atoms with van der Waals surface area (Å²) in [6, 6.07) is 0. The molecular formula is C22H49N4P. The van der Waals surface area contributed by atoms with E-state index in [1.165, 1.54) is 83.0 Å². The van der Waals surface area contributed by atoms with Crippen LogP contribution in [0.25, 0.3) is 0 Å². The Morgan fingerprint density at radius 3 is 1.11 bits per heavy atom. The van der Waals surface area contributed by atoms with Crippen LogP contribution in [0.2, 0.25) is 0 Å². The van der Waals surface area contributed by atoms with Gasteiger partial charge in [-0.25, -0.2) is 0 Å². The van der Waals surface area contributed by atoms with E-state index in [4.69, 9.17) is 10.5 Å². The van der Waals surface area contributed by atoms with E-state index in [0.717, 1.165) is 0 Å². The van der Waals surface area contributed by atoms with Gasteiger partial charge in [-0.15, -0.1) is 0 Å². The van der Waals surface area contributed by atoms with E-state index < -0.39 is 7.26 Å². The third-order valence-electron chi connectivity index (χ3n) is 5.24. The second kappa shape index (κ2) is 27.2. The molecule has 162 valence electrons. The fourth-order valence-corrected chi connectivity index (χ4v) is 9.50. The molecule has 0 amide bonds. The van der Waals surface area contributed by atoms with Crippen molar-refractivity contribution in [1.29, 1.82) is 10.5 Å². The van der Waals surface area contributed by atoms with E-state index in [1.54, 1.807) is 31.1 Å². The molecule has 4 nitrogen and oxygen atoms in total. The number of hydrogen-bond donors (Lipinski definition) is 2. The van der Waals surface area contributed by atoms with Gasteiger partial charge in [-0.05, 0) is 0 Å². The van der Waals surface area contributed by atoms with Crippen LogP contribution in [-0.2, 0) is 0 Å². The Kier molecular flexibility index (Phi) is 31.0. The molecule has 0 spiro atoms. The van der Waals surface area contributed by atoms with Crippen molar-refractivity contribution >= 4 is 7.26 Å². The quantitative estimate of drug-likeness (QED) is 0.136. The van der Waals surface area contributed by atoms with E-state index in [-0.39, 0.29) is 0 Å². The van der Waals surface area contributed by atoms with Gasteiger partial charge in [0.15, 0.2) is 12.4 Å². The third-order valence-corrected chi connectivity index (χ3v) is 10.9. The number of unbranched alkanes of at least 4 members (excludes halogenated alkanes) is 8. The zero-order valence-electron chi connectivity index (χ0n) is 18.9. The SMILES string of the molecule is CCCCCCCC[PH](CCCC)(CCCC)CCCC.N#CN.N#CN. The van der Waals surface area contributed by atoms with Gasteiger partial charge in [-0.3, -0.25) is 0 Å². The van der Waals surface area contributed by atoms with Gasteiger partial charge >= 0.3 is 137 Å². The number of nitrogens with zero attached hydrogens (tertiary/aromatic N) is 2. The molecule has 0 aliphatic heterocycles. The molecule has 0 radical (unpaired) electrons. The van der Waals surface area contributed by atoms with Crippen LogP contribution in [-0.4, -0.2) is 24.6 Å². The van der Waals surface area contributed by atoms with Crippen LogP contribution in [0.15, 0.2) is 0 Å². The van der Waals surface area contributed by atoms with Crippen molar-refractivity contribution in [3.63, 3.8) is 0 Å². The zero-order valence-corrected chi connectivity index (χ0v) is 19.9. The summed E-state index contributed by atoms with van der Waals surface area (Å²) in [5, 5.41) is 14.2. The topological polar surface area (TPSA) is 99.6 Å². The van der Waals surface area contributed by atoms with Crippen LogP contribution < -0.4 is 11.5 Å². The van der Waals surface area contributed by atoms with E-state index in [1.807, 2.05) is 0 Å². The van der Waals surface area contributed by atoms with E-state index in [2.05, 4.69) is 39.2 Å². The summed E-state index contributed by atoms with van der Waals surface area (Å²) in [7, 11) is -0.927. The summed E-state index contributed by atoms with van der Waals surface area (Å²) in [5.74, 6) is 0. The van der Waals surface area contributed by atoms with Gasteiger partial charge in [0.05, 0.1) is 0 Å². The van der Waals surface area contributed by atoms with Gasteiger partial charge in [0.25, 0.3) is 0 Å². The Morgan fingerprint density at radius 2 is 0.778 bits per heavy atom. The molecule has 0 unspecified atom stereocenters. The predicted molar refractivity (Wildman–Crippen MR) is 125 cm³/mol. The first kappa shape index (κ1) is 30.7. The smallest absolute Gasteiger partial charge is 0.173 e. The molecule has 0 aromatic heterocycles. The number of rotatable bonds is 16. The summed E-state index contributed by atoms with van der Waals surface area (Å²) in [4.78, 5) is 0. The normalized spacial score (nSPS) is 10.4. The van der Waals surface area contributed by atoms with Crippen LogP contribution in [0, 0.1) is 22.9 Å². The summed E-state index contributed by atoms with van der Waals surface area (Å²) in [5.41, 5.74) is 8.31. The zero-order chi connectivity index (χ0) is 21.2. The predicted octanol–water partition coefficient (Wildman–Crippen LogP) is 6.35. The minimum Gasteiger partial charge on any atom is -0.337 e. The molecule has 27 heavy (non-hydrogen) atoms. The molecule has 0 aromatic carbocycles. The van der Waals surface area contributed by atoms with Gasteiger partial charge in [-0.1, -0.05) is 0 Å². The van der Waals surface area contributed by atoms with Crippen molar-refractivity contribution in [2.24, 2.45) is 11.5 Å². The average molecular weight is 401 g/mol. The van der Waals surface area contributed by atoms with Gasteiger partial charge < -0.3 is 11.5 Å². The molecule has 0 aliphatic carbocycles. The van der Waals surface area contributed by atoms with Crippen molar-refractivity contribution in [2.45, 2.75) is 105 Å². The molecule has 0 saturated carbocycles. The monoisotopic (exact) mass is 400 g/mol. The van der Waals surface area contributed by atoms with Crippen molar-refractivity contribution in [3.8, 4) is 12.4 Å². The largest absolute Gasteiger partial charge is 0.337 e. The Balaban J connectivity index is -0.000000840. The van der Waals surface area contributed by atoms with Gasteiger partial charge in [0, 0.05) is 0 Å². The molecule has 0 fully saturated rings. The molecule has 0 atom stereocenters. The van der Waals surface area contributed by atoms with E-state index in [0.29, 0.717) is 0 Å². The second-order valence-electron chi connectivity index (χ2n) is 7.59. The van der Waals surface area contributed by atoms with E-state index >= 15 is 0 Å². The van der Waals surface area contributed by atoms with Crippen molar-refractivity contribution in [2.75, 3.05) is 24.6 Å². The van der Waals surface area contributed by atoms with Crippen molar-refractivity contribution in [3.05, 3.63) is 0 Å². The molecule has 5 heteroatoms. The molecule has 0 saturated heterocycles. The second-order valence-corrected chi connectivity index (χ2v) is 12.6. The minimum absolute atomic E-state index is 0.927.